The molecule has 6 nitrogen and oxygen atoms in total. The highest BCUT2D eigenvalue weighted by Crippen LogP contribution is 2.31. The first-order chi connectivity index (χ1) is 13.3. The third kappa shape index (κ3) is 3.53. The van der Waals surface area contributed by atoms with E-state index in [1.807, 2.05) is 42.6 Å². The highest BCUT2D eigenvalue weighted by atomic mass is 32.1. The molecule has 0 bridgehead atoms. The number of amides is 1. The van der Waals surface area contributed by atoms with Crippen molar-refractivity contribution in [1.29, 1.82) is 0 Å². The zero-order valence-corrected chi connectivity index (χ0v) is 17.0. The van der Waals surface area contributed by atoms with E-state index >= 15 is 0 Å². The van der Waals surface area contributed by atoms with Crippen molar-refractivity contribution in [2.24, 2.45) is 7.05 Å². The molecule has 4 aromatic rings. The molecule has 1 N–H and O–H groups in total. The minimum Gasteiger partial charge on any atom is -0.321 e. The molecule has 0 saturated carbocycles. The third-order valence-corrected chi connectivity index (χ3v) is 5.49. The molecule has 0 unspecified atom stereocenters. The second-order valence-electron chi connectivity index (χ2n) is 7.69. The normalized spacial score (nSPS) is 11.7. The van der Waals surface area contributed by atoms with Crippen molar-refractivity contribution in [2.45, 2.75) is 26.2 Å². The van der Waals surface area contributed by atoms with Crippen molar-refractivity contribution in [3.8, 4) is 10.6 Å². The summed E-state index contributed by atoms with van der Waals surface area (Å²) >= 11 is 1.58. The van der Waals surface area contributed by atoms with Gasteiger partial charge in [0, 0.05) is 36.1 Å². The van der Waals surface area contributed by atoms with Gasteiger partial charge in [-0.25, -0.2) is 4.98 Å². The van der Waals surface area contributed by atoms with Gasteiger partial charge >= 0.3 is 0 Å². The zero-order chi connectivity index (χ0) is 19.9. The number of anilines is 1. The van der Waals surface area contributed by atoms with Crippen LogP contribution >= 0.6 is 11.3 Å². The maximum absolute atomic E-state index is 12.8. The molecule has 1 aromatic carbocycles. The van der Waals surface area contributed by atoms with Gasteiger partial charge < -0.3 is 5.32 Å². The zero-order valence-electron chi connectivity index (χ0n) is 16.2. The number of pyridine rings is 1. The van der Waals surface area contributed by atoms with E-state index in [1.54, 1.807) is 29.3 Å². The van der Waals surface area contributed by atoms with E-state index in [2.05, 4.69) is 41.2 Å². The van der Waals surface area contributed by atoms with Crippen LogP contribution in [0.5, 0.6) is 0 Å². The van der Waals surface area contributed by atoms with Crippen LogP contribution in [-0.2, 0) is 12.5 Å². The van der Waals surface area contributed by atoms with Crippen LogP contribution in [0.4, 0.5) is 5.69 Å². The van der Waals surface area contributed by atoms with Crippen molar-refractivity contribution in [1.82, 2.24) is 19.7 Å². The molecule has 0 fully saturated rings. The Bertz CT molecular complexity index is 1140. The summed E-state index contributed by atoms with van der Waals surface area (Å²) in [4.78, 5) is 21.6. The fourth-order valence-corrected chi connectivity index (χ4v) is 3.80. The first kappa shape index (κ1) is 18.3. The fourth-order valence-electron chi connectivity index (χ4n) is 2.87. The van der Waals surface area contributed by atoms with E-state index in [1.165, 1.54) is 0 Å². The summed E-state index contributed by atoms with van der Waals surface area (Å²) in [5, 5.41) is 8.35. The molecule has 28 heavy (non-hydrogen) atoms. The van der Waals surface area contributed by atoms with Crippen molar-refractivity contribution in [3.63, 3.8) is 0 Å². The average Bonchev–Trinajstić information content (AvgIpc) is 3.25. The van der Waals surface area contributed by atoms with Crippen molar-refractivity contribution < 1.29 is 4.79 Å². The Labute approximate surface area is 167 Å². The number of hydrogen-bond donors (Lipinski definition) is 1. The van der Waals surface area contributed by atoms with Gasteiger partial charge in [0.05, 0.1) is 15.9 Å². The predicted octanol–water partition coefficient (Wildman–Crippen LogP) is 4.64. The minimum absolute atomic E-state index is 0.113. The first-order valence-electron chi connectivity index (χ1n) is 8.98. The Balaban J connectivity index is 1.60. The van der Waals surface area contributed by atoms with Crippen molar-refractivity contribution in [2.75, 3.05) is 5.32 Å². The lowest BCUT2D eigenvalue weighted by molar-refractivity contribution is 0.101. The van der Waals surface area contributed by atoms with Gasteiger partial charge in [-0.2, -0.15) is 5.10 Å². The smallest absolute Gasteiger partial charge is 0.273 e. The maximum atomic E-state index is 12.8. The van der Waals surface area contributed by atoms with E-state index in [-0.39, 0.29) is 11.3 Å². The van der Waals surface area contributed by atoms with E-state index in [9.17, 15) is 4.79 Å². The van der Waals surface area contributed by atoms with Crippen LogP contribution in [0.2, 0.25) is 0 Å². The number of nitrogens with zero attached hydrogens (tertiary/aromatic N) is 4. The molecule has 0 spiro atoms. The molecule has 0 saturated heterocycles. The maximum Gasteiger partial charge on any atom is 0.273 e. The number of hydrogen-bond acceptors (Lipinski definition) is 5. The molecule has 1 amide bonds. The Morgan fingerprint density at radius 2 is 2.00 bits per heavy atom. The van der Waals surface area contributed by atoms with Gasteiger partial charge in [-0.05, 0) is 24.3 Å². The van der Waals surface area contributed by atoms with Gasteiger partial charge in [0.25, 0.3) is 5.91 Å². The van der Waals surface area contributed by atoms with Crippen LogP contribution in [-0.4, -0.2) is 25.7 Å². The lowest BCUT2D eigenvalue weighted by Crippen LogP contribution is -2.16. The quantitative estimate of drug-likeness (QED) is 0.552. The van der Waals surface area contributed by atoms with Gasteiger partial charge in [0.1, 0.15) is 10.7 Å². The molecule has 3 heterocycles. The summed E-state index contributed by atoms with van der Waals surface area (Å²) in [5.74, 6) is -0.184. The second-order valence-corrected chi connectivity index (χ2v) is 8.72. The molecule has 4 rings (SSSR count). The lowest BCUT2D eigenvalue weighted by atomic mass is 9.92. The monoisotopic (exact) mass is 391 g/mol. The lowest BCUT2D eigenvalue weighted by Gasteiger charge is -2.13. The van der Waals surface area contributed by atoms with Crippen LogP contribution in [0, 0.1) is 0 Å². The van der Waals surface area contributed by atoms with E-state index < -0.39 is 0 Å². The molecule has 0 radical (unpaired) electrons. The molecule has 0 aliphatic carbocycles. The number of nitrogens with one attached hydrogen (secondary N) is 1. The van der Waals surface area contributed by atoms with Gasteiger partial charge in [0.15, 0.2) is 0 Å². The Hall–Kier alpha value is -3.06. The fraction of sp³-hybridized carbons (Fsp3) is 0.238. The number of fused-ring (bicyclic) bond motifs is 1. The summed E-state index contributed by atoms with van der Waals surface area (Å²) in [6.45, 7) is 6.23. The summed E-state index contributed by atoms with van der Waals surface area (Å²) in [6, 6.07) is 11.5. The van der Waals surface area contributed by atoms with Gasteiger partial charge in [0.2, 0.25) is 0 Å². The third-order valence-electron chi connectivity index (χ3n) is 4.44. The number of aromatic nitrogens is 4. The molecular formula is C21H21N5OS. The van der Waals surface area contributed by atoms with Gasteiger partial charge in [-0.3, -0.25) is 14.5 Å². The largest absolute Gasteiger partial charge is 0.321 e. The molecule has 142 valence electrons. The van der Waals surface area contributed by atoms with Crippen LogP contribution in [0.3, 0.4) is 0 Å². The molecule has 0 atom stereocenters. The van der Waals surface area contributed by atoms with Gasteiger partial charge in [-0.15, -0.1) is 11.3 Å². The summed E-state index contributed by atoms with van der Waals surface area (Å²) in [7, 11) is 1.79. The molecule has 3 aromatic heterocycles. The van der Waals surface area contributed by atoms with Crippen LogP contribution in [0.25, 0.3) is 20.8 Å². The van der Waals surface area contributed by atoms with E-state index in [0.717, 1.165) is 32.2 Å². The SMILES string of the molecule is Cn1nc(C(C)(C)C)cc1C(=O)Nc1cccc(-c2nc3ccncc3s2)c1. The number of aryl methyl sites for hydroxylation is 1. The Morgan fingerprint density at radius 1 is 1.18 bits per heavy atom. The standard InChI is InChI=1S/C21H21N5OS/c1-21(2,3)18-11-16(26(4)25-18)19(27)23-14-7-5-6-13(10-14)20-24-15-8-9-22-12-17(15)28-20/h5-12H,1-4H3,(H,23,27). The predicted molar refractivity (Wildman–Crippen MR) is 113 cm³/mol. The van der Waals surface area contributed by atoms with Gasteiger partial charge in [-0.1, -0.05) is 32.9 Å². The Morgan fingerprint density at radius 3 is 2.71 bits per heavy atom. The number of benzene rings is 1. The number of thiazole rings is 1. The van der Waals surface area contributed by atoms with Crippen molar-refractivity contribution >= 4 is 33.1 Å². The van der Waals surface area contributed by atoms with E-state index in [0.29, 0.717) is 5.69 Å². The topological polar surface area (TPSA) is 72.7 Å². The molecule has 7 heteroatoms. The summed E-state index contributed by atoms with van der Waals surface area (Å²) in [6.07, 6.45) is 3.56. The summed E-state index contributed by atoms with van der Waals surface area (Å²) in [5.41, 5.74) is 3.91. The molecule has 0 aliphatic rings. The first-order valence-corrected chi connectivity index (χ1v) is 9.80. The number of carbonyl (C=O) groups excluding carboxylic acids is 1. The molecule has 0 aliphatic heterocycles. The van der Waals surface area contributed by atoms with E-state index in [4.69, 9.17) is 0 Å². The minimum atomic E-state index is -0.184. The van der Waals surface area contributed by atoms with Crippen LogP contribution in [0.1, 0.15) is 37.0 Å². The Kier molecular flexibility index (Phi) is 4.47. The molecular weight excluding hydrogens is 370 g/mol. The average molecular weight is 392 g/mol. The summed E-state index contributed by atoms with van der Waals surface area (Å²) < 4.78 is 2.66. The van der Waals surface area contributed by atoms with Crippen molar-refractivity contribution in [3.05, 3.63) is 60.2 Å². The highest BCUT2D eigenvalue weighted by molar-refractivity contribution is 7.21. The second kappa shape index (κ2) is 6.83. The number of rotatable bonds is 3. The number of carbonyl (C=O) groups is 1. The highest BCUT2D eigenvalue weighted by Gasteiger charge is 2.21. The van der Waals surface area contributed by atoms with Crippen LogP contribution < -0.4 is 5.32 Å². The van der Waals surface area contributed by atoms with Crippen LogP contribution in [0.15, 0.2) is 48.8 Å².